The number of H-pyrrole nitrogens is 1. The van der Waals surface area contributed by atoms with E-state index in [9.17, 15) is 13.2 Å². The fraction of sp³-hybridized carbons (Fsp3) is 0.233. The standard InChI is InChI=1S/C30H33N3O4S/c1-37-20-19-33(38(35,36)21-17-25-10-4-2-5-11-25)24-30(34)32(23-26-12-6-3-7-13-26)18-16-27-22-31-29-15-9-8-14-28(27)29/h2-15,17,21-22,31H,16,18-20,23-24H2,1H3/b21-17+. The van der Waals surface area contributed by atoms with Crippen LogP contribution in [0.1, 0.15) is 16.7 Å². The maximum atomic E-state index is 13.6. The molecule has 0 unspecified atom stereocenters. The summed E-state index contributed by atoms with van der Waals surface area (Å²) < 4.78 is 32.8. The van der Waals surface area contributed by atoms with Crippen LogP contribution < -0.4 is 0 Å². The van der Waals surface area contributed by atoms with Gasteiger partial charge in [-0.2, -0.15) is 4.31 Å². The molecule has 1 N–H and O–H groups in total. The highest BCUT2D eigenvalue weighted by atomic mass is 32.2. The fourth-order valence-electron chi connectivity index (χ4n) is 4.24. The van der Waals surface area contributed by atoms with E-state index in [0.717, 1.165) is 33.0 Å². The molecule has 8 heteroatoms. The van der Waals surface area contributed by atoms with Gasteiger partial charge in [0, 0.05) is 49.3 Å². The van der Waals surface area contributed by atoms with Gasteiger partial charge in [0.1, 0.15) is 0 Å². The Bertz CT molecular complexity index is 1450. The van der Waals surface area contributed by atoms with Crippen LogP contribution >= 0.6 is 0 Å². The molecule has 4 aromatic rings. The third kappa shape index (κ3) is 7.41. The summed E-state index contributed by atoms with van der Waals surface area (Å²) in [5.41, 5.74) is 3.90. The van der Waals surface area contributed by atoms with Crippen LogP contribution in [0, 0.1) is 0 Å². The molecule has 1 heterocycles. The van der Waals surface area contributed by atoms with Crippen LogP contribution in [-0.2, 0) is 32.5 Å². The highest BCUT2D eigenvalue weighted by Gasteiger charge is 2.25. The quantitative estimate of drug-likeness (QED) is 0.271. The number of carbonyl (C=O) groups is 1. The van der Waals surface area contributed by atoms with E-state index in [0.29, 0.717) is 19.5 Å². The molecule has 7 nitrogen and oxygen atoms in total. The van der Waals surface area contributed by atoms with Crippen LogP contribution in [0.5, 0.6) is 0 Å². The minimum atomic E-state index is -3.86. The lowest BCUT2D eigenvalue weighted by Gasteiger charge is -2.27. The van der Waals surface area contributed by atoms with Gasteiger partial charge >= 0.3 is 0 Å². The maximum Gasteiger partial charge on any atom is 0.238 e. The van der Waals surface area contributed by atoms with Gasteiger partial charge in [-0.05, 0) is 35.3 Å². The molecule has 0 radical (unpaired) electrons. The molecule has 3 aromatic carbocycles. The van der Waals surface area contributed by atoms with Gasteiger partial charge in [0.05, 0.1) is 13.2 Å². The molecule has 0 aliphatic carbocycles. The van der Waals surface area contributed by atoms with Crippen molar-refractivity contribution in [2.75, 3.05) is 33.4 Å². The molecule has 0 fully saturated rings. The lowest BCUT2D eigenvalue weighted by atomic mass is 10.1. The van der Waals surface area contributed by atoms with E-state index in [1.54, 1.807) is 11.0 Å². The van der Waals surface area contributed by atoms with Gasteiger partial charge < -0.3 is 14.6 Å². The number of nitrogens with zero attached hydrogens (tertiary/aromatic N) is 2. The van der Waals surface area contributed by atoms with Gasteiger partial charge in [-0.1, -0.05) is 78.9 Å². The van der Waals surface area contributed by atoms with Crippen LogP contribution in [0.15, 0.2) is 96.5 Å². The van der Waals surface area contributed by atoms with Crippen LogP contribution in [-0.4, -0.2) is 61.9 Å². The number of hydrogen-bond donors (Lipinski definition) is 1. The van der Waals surface area contributed by atoms with Crippen molar-refractivity contribution in [2.24, 2.45) is 0 Å². The van der Waals surface area contributed by atoms with E-state index < -0.39 is 10.0 Å². The minimum absolute atomic E-state index is 0.0747. The summed E-state index contributed by atoms with van der Waals surface area (Å²) in [7, 11) is -2.35. The molecular formula is C30H33N3O4S. The smallest absolute Gasteiger partial charge is 0.238 e. The number of hydrogen-bond acceptors (Lipinski definition) is 4. The van der Waals surface area contributed by atoms with Gasteiger partial charge in [0.25, 0.3) is 0 Å². The molecule has 38 heavy (non-hydrogen) atoms. The van der Waals surface area contributed by atoms with Crippen molar-refractivity contribution in [1.82, 2.24) is 14.2 Å². The van der Waals surface area contributed by atoms with Gasteiger partial charge in [-0.15, -0.1) is 0 Å². The van der Waals surface area contributed by atoms with Gasteiger partial charge in [-0.25, -0.2) is 8.42 Å². The number of para-hydroxylation sites is 1. The normalized spacial score (nSPS) is 11.9. The Labute approximate surface area is 224 Å². The van der Waals surface area contributed by atoms with Crippen LogP contribution in [0.2, 0.25) is 0 Å². The molecule has 0 atom stereocenters. The first-order valence-corrected chi connectivity index (χ1v) is 14.1. The van der Waals surface area contributed by atoms with Gasteiger partial charge in [0.2, 0.25) is 15.9 Å². The first-order valence-electron chi connectivity index (χ1n) is 12.5. The van der Waals surface area contributed by atoms with Gasteiger partial charge in [-0.3, -0.25) is 4.79 Å². The second-order valence-electron chi connectivity index (χ2n) is 9.00. The molecule has 0 spiro atoms. The van der Waals surface area contributed by atoms with Crippen molar-refractivity contribution in [3.63, 3.8) is 0 Å². The minimum Gasteiger partial charge on any atom is -0.383 e. The van der Waals surface area contributed by atoms with E-state index in [4.69, 9.17) is 4.74 Å². The predicted octanol–water partition coefficient (Wildman–Crippen LogP) is 4.69. The summed E-state index contributed by atoms with van der Waals surface area (Å²) in [5.74, 6) is -0.263. The van der Waals surface area contributed by atoms with Crippen LogP contribution in [0.4, 0.5) is 0 Å². The second kappa shape index (κ2) is 13.2. The van der Waals surface area contributed by atoms with Crippen molar-refractivity contribution in [3.05, 3.63) is 113 Å². The summed E-state index contributed by atoms with van der Waals surface area (Å²) in [6.45, 7) is 0.824. The average Bonchev–Trinajstić information content (AvgIpc) is 3.36. The van der Waals surface area contributed by atoms with E-state index in [2.05, 4.69) is 11.1 Å². The number of methoxy groups -OCH3 is 1. The Morgan fingerprint density at radius 3 is 2.34 bits per heavy atom. The zero-order chi connectivity index (χ0) is 26.8. The summed E-state index contributed by atoms with van der Waals surface area (Å²) in [6.07, 6.45) is 4.15. The fourth-order valence-corrected chi connectivity index (χ4v) is 5.37. The van der Waals surface area contributed by atoms with Crippen LogP contribution in [0.3, 0.4) is 0 Å². The zero-order valence-electron chi connectivity index (χ0n) is 21.5. The third-order valence-corrected chi connectivity index (χ3v) is 7.85. The third-order valence-electron chi connectivity index (χ3n) is 6.34. The van der Waals surface area contributed by atoms with Crippen LogP contribution in [0.25, 0.3) is 17.0 Å². The number of benzene rings is 3. The number of rotatable bonds is 13. The average molecular weight is 532 g/mol. The number of nitrogens with one attached hydrogen (secondary N) is 1. The lowest BCUT2D eigenvalue weighted by Crippen LogP contribution is -2.43. The van der Waals surface area contributed by atoms with Crippen molar-refractivity contribution >= 4 is 32.9 Å². The molecule has 4 rings (SSSR count). The Kier molecular flexibility index (Phi) is 9.48. The zero-order valence-corrected chi connectivity index (χ0v) is 22.3. The number of fused-ring (bicyclic) bond motifs is 1. The molecule has 0 bridgehead atoms. The van der Waals surface area contributed by atoms with Crippen molar-refractivity contribution in [1.29, 1.82) is 0 Å². The molecule has 198 valence electrons. The number of amides is 1. The van der Waals surface area contributed by atoms with Crippen molar-refractivity contribution in [2.45, 2.75) is 13.0 Å². The Hall–Kier alpha value is -3.72. The Morgan fingerprint density at radius 1 is 0.921 bits per heavy atom. The SMILES string of the molecule is COCCN(CC(=O)N(CCc1c[nH]c2ccccc12)Cc1ccccc1)S(=O)(=O)/C=C/c1ccccc1. The maximum absolute atomic E-state index is 13.6. The summed E-state index contributed by atoms with van der Waals surface area (Å²) in [4.78, 5) is 18.6. The molecule has 0 aliphatic rings. The molecular weight excluding hydrogens is 498 g/mol. The van der Waals surface area contributed by atoms with Gasteiger partial charge in [0.15, 0.2) is 0 Å². The Morgan fingerprint density at radius 2 is 1.61 bits per heavy atom. The number of aromatic amines is 1. The topological polar surface area (TPSA) is 82.7 Å². The number of ether oxygens (including phenoxy) is 1. The molecule has 1 aromatic heterocycles. The predicted molar refractivity (Wildman–Crippen MR) is 152 cm³/mol. The van der Waals surface area contributed by atoms with Crippen molar-refractivity contribution < 1.29 is 17.9 Å². The largest absolute Gasteiger partial charge is 0.383 e. The summed E-state index contributed by atoms with van der Waals surface area (Å²) in [5, 5.41) is 2.27. The summed E-state index contributed by atoms with van der Waals surface area (Å²) >= 11 is 0. The monoisotopic (exact) mass is 531 g/mol. The molecule has 0 saturated carbocycles. The number of aromatic nitrogens is 1. The van der Waals surface area contributed by atoms with E-state index in [-0.39, 0.29) is 25.6 Å². The van der Waals surface area contributed by atoms with E-state index >= 15 is 0 Å². The Balaban J connectivity index is 1.53. The first kappa shape index (κ1) is 27.3. The van der Waals surface area contributed by atoms with Crippen molar-refractivity contribution in [3.8, 4) is 0 Å². The number of sulfonamides is 1. The molecule has 0 saturated heterocycles. The molecule has 0 aliphatic heterocycles. The highest BCUT2D eigenvalue weighted by molar-refractivity contribution is 7.92. The second-order valence-corrected chi connectivity index (χ2v) is 10.8. The summed E-state index contributed by atoms with van der Waals surface area (Å²) in [6, 6.07) is 27.0. The molecule has 1 amide bonds. The highest BCUT2D eigenvalue weighted by Crippen LogP contribution is 2.19. The first-order chi connectivity index (χ1) is 18.5. The number of carbonyl (C=O) groups excluding carboxylic acids is 1. The van der Waals surface area contributed by atoms with E-state index in [1.807, 2.05) is 85.1 Å². The lowest BCUT2D eigenvalue weighted by molar-refractivity contribution is -0.132. The van der Waals surface area contributed by atoms with E-state index in [1.165, 1.54) is 11.4 Å².